The molecule has 2 heteroatoms. The number of H-pyrrole nitrogens is 1. The zero-order valence-electron chi connectivity index (χ0n) is 9.55. The van der Waals surface area contributed by atoms with E-state index in [0.717, 1.165) is 11.8 Å². The van der Waals surface area contributed by atoms with Crippen LogP contribution in [0.2, 0.25) is 0 Å². The van der Waals surface area contributed by atoms with Crippen molar-refractivity contribution in [3.8, 4) is 0 Å². The van der Waals surface area contributed by atoms with Gasteiger partial charge in [0.05, 0.1) is 5.69 Å². The molecule has 1 aromatic heterocycles. The van der Waals surface area contributed by atoms with E-state index in [1.165, 1.54) is 62.2 Å². The molecule has 0 amide bonds. The lowest BCUT2D eigenvalue weighted by Crippen LogP contribution is -2.04. The van der Waals surface area contributed by atoms with Crippen molar-refractivity contribution in [2.45, 2.75) is 57.8 Å². The first-order valence-corrected chi connectivity index (χ1v) is 6.42. The average Bonchev–Trinajstić information content (AvgIpc) is 2.82. The third kappa shape index (κ3) is 1.60. The van der Waals surface area contributed by atoms with Crippen LogP contribution in [0, 0.1) is 5.92 Å². The van der Waals surface area contributed by atoms with Gasteiger partial charge >= 0.3 is 0 Å². The molecular formula is C13H20N2. The minimum Gasteiger partial charge on any atom is -0.345 e. The van der Waals surface area contributed by atoms with Crippen LogP contribution in [0.1, 0.15) is 62.2 Å². The Balaban J connectivity index is 1.88. The van der Waals surface area contributed by atoms with Gasteiger partial charge in [-0.05, 0) is 44.4 Å². The van der Waals surface area contributed by atoms with Gasteiger partial charge in [0.1, 0.15) is 5.82 Å². The zero-order valence-corrected chi connectivity index (χ0v) is 9.55. The van der Waals surface area contributed by atoms with E-state index in [4.69, 9.17) is 4.98 Å². The Morgan fingerprint density at radius 1 is 1.13 bits per heavy atom. The van der Waals surface area contributed by atoms with Crippen molar-refractivity contribution in [1.29, 1.82) is 0 Å². The number of rotatable bonds is 1. The highest BCUT2D eigenvalue weighted by Gasteiger charge is 2.28. The summed E-state index contributed by atoms with van der Waals surface area (Å²) in [5.41, 5.74) is 2.81. The van der Waals surface area contributed by atoms with Gasteiger partial charge in [0.15, 0.2) is 0 Å². The van der Waals surface area contributed by atoms with E-state index in [2.05, 4.69) is 11.9 Å². The van der Waals surface area contributed by atoms with Gasteiger partial charge in [-0.2, -0.15) is 0 Å². The summed E-state index contributed by atoms with van der Waals surface area (Å²) < 4.78 is 0. The molecule has 0 saturated heterocycles. The van der Waals surface area contributed by atoms with Crippen molar-refractivity contribution in [3.05, 3.63) is 17.2 Å². The SMILES string of the molecule is CC1CCCC1c1nc2c([nH]1)CCCC2. The van der Waals surface area contributed by atoms with Gasteiger partial charge in [-0.1, -0.05) is 13.3 Å². The smallest absolute Gasteiger partial charge is 0.109 e. The van der Waals surface area contributed by atoms with Crippen LogP contribution in [0.15, 0.2) is 0 Å². The summed E-state index contributed by atoms with van der Waals surface area (Å²) in [4.78, 5) is 8.42. The second kappa shape index (κ2) is 3.66. The Morgan fingerprint density at radius 2 is 2.00 bits per heavy atom. The maximum absolute atomic E-state index is 4.83. The molecule has 15 heavy (non-hydrogen) atoms. The van der Waals surface area contributed by atoms with Crippen LogP contribution >= 0.6 is 0 Å². The molecule has 0 aliphatic heterocycles. The number of aromatic amines is 1. The molecule has 2 nitrogen and oxygen atoms in total. The Labute approximate surface area is 91.5 Å². The Bertz CT molecular complexity index is 330. The van der Waals surface area contributed by atoms with Crippen LogP contribution in [0.25, 0.3) is 0 Å². The van der Waals surface area contributed by atoms with Gasteiger partial charge in [0.2, 0.25) is 0 Å². The normalized spacial score (nSPS) is 30.5. The van der Waals surface area contributed by atoms with Crippen LogP contribution < -0.4 is 0 Å². The van der Waals surface area contributed by atoms with Crippen molar-refractivity contribution >= 4 is 0 Å². The molecule has 3 rings (SSSR count). The van der Waals surface area contributed by atoms with Crippen LogP contribution in [-0.4, -0.2) is 9.97 Å². The summed E-state index contributed by atoms with van der Waals surface area (Å²) in [5.74, 6) is 2.85. The number of hydrogen-bond donors (Lipinski definition) is 1. The van der Waals surface area contributed by atoms with E-state index in [1.54, 1.807) is 0 Å². The van der Waals surface area contributed by atoms with Crippen molar-refractivity contribution in [2.75, 3.05) is 0 Å². The molecule has 0 spiro atoms. The largest absolute Gasteiger partial charge is 0.345 e. The average molecular weight is 204 g/mol. The van der Waals surface area contributed by atoms with Crippen LogP contribution in [0.3, 0.4) is 0 Å². The minimum absolute atomic E-state index is 0.718. The molecule has 1 N–H and O–H groups in total. The van der Waals surface area contributed by atoms with Crippen LogP contribution in [0.4, 0.5) is 0 Å². The zero-order chi connectivity index (χ0) is 10.3. The highest BCUT2D eigenvalue weighted by Crippen LogP contribution is 2.38. The Morgan fingerprint density at radius 3 is 2.73 bits per heavy atom. The molecular weight excluding hydrogens is 184 g/mol. The highest BCUT2D eigenvalue weighted by atomic mass is 14.9. The summed E-state index contributed by atoms with van der Waals surface area (Å²) in [6, 6.07) is 0. The summed E-state index contributed by atoms with van der Waals surface area (Å²) in [7, 11) is 0. The summed E-state index contributed by atoms with van der Waals surface area (Å²) >= 11 is 0. The van der Waals surface area contributed by atoms with E-state index < -0.39 is 0 Å². The second-order valence-electron chi connectivity index (χ2n) is 5.27. The lowest BCUT2D eigenvalue weighted by atomic mass is 9.98. The minimum atomic E-state index is 0.718. The standard InChI is InChI=1S/C13H20N2/c1-9-5-4-6-10(9)13-14-11-7-2-3-8-12(11)15-13/h9-10H,2-8H2,1H3,(H,14,15). The molecule has 2 aliphatic rings. The monoisotopic (exact) mass is 204 g/mol. The van der Waals surface area contributed by atoms with E-state index in [0.29, 0.717) is 0 Å². The molecule has 2 aliphatic carbocycles. The van der Waals surface area contributed by atoms with Gasteiger partial charge in [-0.25, -0.2) is 4.98 Å². The fourth-order valence-electron chi connectivity index (χ4n) is 3.20. The second-order valence-corrected chi connectivity index (χ2v) is 5.27. The molecule has 82 valence electrons. The first-order chi connectivity index (χ1) is 7.34. The highest BCUT2D eigenvalue weighted by molar-refractivity contribution is 5.20. The molecule has 0 aromatic carbocycles. The van der Waals surface area contributed by atoms with Crippen molar-refractivity contribution in [3.63, 3.8) is 0 Å². The van der Waals surface area contributed by atoms with Gasteiger partial charge in [-0.3, -0.25) is 0 Å². The first-order valence-electron chi connectivity index (χ1n) is 6.42. The van der Waals surface area contributed by atoms with Gasteiger partial charge in [0.25, 0.3) is 0 Å². The summed E-state index contributed by atoms with van der Waals surface area (Å²) in [5, 5.41) is 0. The molecule has 1 aromatic rings. The number of aromatic nitrogens is 2. The number of fused-ring (bicyclic) bond motifs is 1. The molecule has 0 radical (unpaired) electrons. The topological polar surface area (TPSA) is 28.7 Å². The summed E-state index contributed by atoms with van der Waals surface area (Å²) in [6.07, 6.45) is 9.21. The van der Waals surface area contributed by atoms with Gasteiger partial charge in [-0.15, -0.1) is 0 Å². The lowest BCUT2D eigenvalue weighted by molar-refractivity contribution is 0.512. The van der Waals surface area contributed by atoms with E-state index >= 15 is 0 Å². The van der Waals surface area contributed by atoms with Crippen LogP contribution in [-0.2, 0) is 12.8 Å². The molecule has 0 bridgehead atoms. The van der Waals surface area contributed by atoms with Crippen LogP contribution in [0.5, 0.6) is 0 Å². The third-order valence-electron chi connectivity index (χ3n) is 4.19. The number of aryl methyl sites for hydroxylation is 2. The van der Waals surface area contributed by atoms with Crippen molar-refractivity contribution < 1.29 is 0 Å². The van der Waals surface area contributed by atoms with Crippen molar-refractivity contribution in [2.24, 2.45) is 5.92 Å². The van der Waals surface area contributed by atoms with E-state index in [9.17, 15) is 0 Å². The number of nitrogens with zero attached hydrogens (tertiary/aromatic N) is 1. The number of imidazole rings is 1. The molecule has 2 unspecified atom stereocenters. The predicted molar refractivity (Wildman–Crippen MR) is 61.0 cm³/mol. The lowest BCUT2D eigenvalue weighted by Gasteiger charge is -2.11. The third-order valence-corrected chi connectivity index (χ3v) is 4.19. The fourth-order valence-corrected chi connectivity index (χ4v) is 3.20. The Hall–Kier alpha value is -0.790. The maximum Gasteiger partial charge on any atom is 0.109 e. The van der Waals surface area contributed by atoms with E-state index in [-0.39, 0.29) is 0 Å². The van der Waals surface area contributed by atoms with Crippen molar-refractivity contribution in [1.82, 2.24) is 9.97 Å². The Kier molecular flexibility index (Phi) is 2.30. The van der Waals surface area contributed by atoms with Gasteiger partial charge in [0, 0.05) is 11.6 Å². The molecule has 2 atom stereocenters. The molecule has 1 fully saturated rings. The fraction of sp³-hybridized carbons (Fsp3) is 0.769. The quantitative estimate of drug-likeness (QED) is 0.747. The van der Waals surface area contributed by atoms with Gasteiger partial charge < -0.3 is 4.98 Å². The number of nitrogens with one attached hydrogen (secondary N) is 1. The number of hydrogen-bond acceptors (Lipinski definition) is 1. The molecule has 1 heterocycles. The maximum atomic E-state index is 4.83. The summed E-state index contributed by atoms with van der Waals surface area (Å²) in [6.45, 7) is 2.37. The predicted octanol–water partition coefficient (Wildman–Crippen LogP) is 3.19. The molecule has 1 saturated carbocycles. The first kappa shape index (κ1) is 9.44. The van der Waals surface area contributed by atoms with E-state index in [1.807, 2.05) is 0 Å².